The lowest BCUT2D eigenvalue weighted by Gasteiger charge is -2.10. The lowest BCUT2D eigenvalue weighted by Crippen LogP contribution is -2.29. The molecule has 1 aromatic carbocycles. The van der Waals surface area contributed by atoms with E-state index in [1.54, 1.807) is 36.3 Å². The van der Waals surface area contributed by atoms with E-state index >= 15 is 0 Å². The maximum atomic E-state index is 12.5. The molecular weight excluding hydrogens is 386 g/mol. The molecule has 0 radical (unpaired) electrons. The highest BCUT2D eigenvalue weighted by atomic mass is 16.5. The minimum absolute atomic E-state index is 0.252. The van der Waals surface area contributed by atoms with Gasteiger partial charge in [-0.3, -0.25) is 23.9 Å². The smallest absolute Gasteiger partial charge is 0.329 e. The summed E-state index contributed by atoms with van der Waals surface area (Å²) in [4.78, 5) is 35.1. The number of anilines is 1. The number of ether oxygens (including phenoxy) is 1. The van der Waals surface area contributed by atoms with Crippen LogP contribution >= 0.6 is 0 Å². The number of aromatic nitrogens is 5. The van der Waals surface area contributed by atoms with E-state index in [0.29, 0.717) is 24.8 Å². The number of fused-ring (bicyclic) bond motifs is 1. The Kier molecular flexibility index (Phi) is 5.37. The molecule has 4 rings (SSSR count). The van der Waals surface area contributed by atoms with E-state index in [1.807, 2.05) is 36.4 Å². The van der Waals surface area contributed by atoms with Crippen LogP contribution in [0, 0.1) is 0 Å². The number of H-pyrrole nitrogens is 1. The van der Waals surface area contributed by atoms with Crippen molar-refractivity contribution in [2.24, 2.45) is 12.1 Å². The minimum atomic E-state index is -0.539. The van der Waals surface area contributed by atoms with Crippen molar-refractivity contribution in [3.63, 3.8) is 0 Å². The zero-order valence-corrected chi connectivity index (χ0v) is 16.1. The summed E-state index contributed by atoms with van der Waals surface area (Å²) in [6.45, 7) is 0.607. The molecule has 10 heteroatoms. The van der Waals surface area contributed by atoms with E-state index in [4.69, 9.17) is 4.74 Å². The van der Waals surface area contributed by atoms with E-state index in [1.165, 1.54) is 4.57 Å². The predicted octanol–water partition coefficient (Wildman–Crippen LogP) is 1.34. The van der Waals surface area contributed by atoms with Gasteiger partial charge >= 0.3 is 5.69 Å². The van der Waals surface area contributed by atoms with Gasteiger partial charge in [0.05, 0.1) is 12.8 Å². The Hall–Kier alpha value is -4.21. The molecule has 2 N–H and O–H groups in total. The number of nitrogens with zero attached hydrogens (tertiary/aromatic N) is 5. The minimum Gasteiger partial charge on any atom is -0.492 e. The van der Waals surface area contributed by atoms with E-state index in [9.17, 15) is 9.59 Å². The third-order valence-corrected chi connectivity index (χ3v) is 4.40. The first kappa shape index (κ1) is 19.1. The van der Waals surface area contributed by atoms with Crippen molar-refractivity contribution in [1.29, 1.82) is 0 Å². The van der Waals surface area contributed by atoms with Gasteiger partial charge < -0.3 is 4.74 Å². The number of aromatic amines is 1. The quantitative estimate of drug-likeness (QED) is 0.354. The van der Waals surface area contributed by atoms with Crippen LogP contribution in [-0.2, 0) is 13.6 Å². The van der Waals surface area contributed by atoms with Gasteiger partial charge in [-0.1, -0.05) is 24.3 Å². The largest absolute Gasteiger partial charge is 0.492 e. The van der Waals surface area contributed by atoms with Gasteiger partial charge in [-0.15, -0.1) is 0 Å². The Morgan fingerprint density at radius 3 is 2.80 bits per heavy atom. The van der Waals surface area contributed by atoms with Crippen LogP contribution in [0.2, 0.25) is 0 Å². The fourth-order valence-corrected chi connectivity index (χ4v) is 2.93. The Balaban J connectivity index is 1.65. The summed E-state index contributed by atoms with van der Waals surface area (Å²) in [5.41, 5.74) is 3.09. The van der Waals surface area contributed by atoms with Crippen LogP contribution in [0.5, 0.6) is 5.75 Å². The number of hydrogen-bond acceptors (Lipinski definition) is 7. The van der Waals surface area contributed by atoms with Gasteiger partial charge in [-0.25, -0.2) is 10.2 Å². The second-order valence-electron chi connectivity index (χ2n) is 6.40. The van der Waals surface area contributed by atoms with Crippen LogP contribution in [0.15, 0.2) is 69.5 Å². The molecule has 0 aliphatic heterocycles. The number of hydrazone groups is 1. The van der Waals surface area contributed by atoms with Crippen molar-refractivity contribution in [3.05, 3.63) is 81.3 Å². The van der Waals surface area contributed by atoms with Crippen molar-refractivity contribution in [2.45, 2.75) is 6.54 Å². The summed E-state index contributed by atoms with van der Waals surface area (Å²) in [6, 6.07) is 13.0. The molecule has 0 amide bonds. The number of hydrogen-bond donors (Lipinski definition) is 2. The molecule has 0 bridgehead atoms. The van der Waals surface area contributed by atoms with Crippen molar-refractivity contribution >= 4 is 23.3 Å². The number of pyridine rings is 1. The molecule has 0 aliphatic rings. The molecule has 3 aromatic heterocycles. The summed E-state index contributed by atoms with van der Waals surface area (Å²) >= 11 is 0. The van der Waals surface area contributed by atoms with Crippen molar-refractivity contribution in [3.8, 4) is 5.75 Å². The Labute approximate surface area is 170 Å². The Morgan fingerprint density at radius 1 is 1.20 bits per heavy atom. The summed E-state index contributed by atoms with van der Waals surface area (Å²) in [6.07, 6.45) is 4.92. The van der Waals surface area contributed by atoms with Crippen LogP contribution in [0.25, 0.3) is 11.2 Å². The van der Waals surface area contributed by atoms with Crippen LogP contribution in [-0.4, -0.2) is 36.9 Å². The lowest BCUT2D eigenvalue weighted by molar-refractivity contribution is 0.301. The second-order valence-corrected chi connectivity index (χ2v) is 6.40. The van der Waals surface area contributed by atoms with Gasteiger partial charge in [0.2, 0.25) is 5.95 Å². The summed E-state index contributed by atoms with van der Waals surface area (Å²) in [7, 11) is 1.54. The molecule has 4 aromatic rings. The van der Waals surface area contributed by atoms with Crippen LogP contribution in [0.4, 0.5) is 5.95 Å². The van der Waals surface area contributed by atoms with Crippen molar-refractivity contribution in [1.82, 2.24) is 24.1 Å². The highest BCUT2D eigenvalue weighted by Gasteiger charge is 2.17. The molecule has 0 saturated carbocycles. The number of benzene rings is 1. The molecule has 0 fully saturated rings. The first-order valence-electron chi connectivity index (χ1n) is 9.20. The molecular formula is C20H19N7O3. The highest BCUT2D eigenvalue weighted by molar-refractivity contribution is 5.80. The molecule has 0 spiro atoms. The molecule has 0 saturated heterocycles. The second kappa shape index (κ2) is 8.43. The van der Waals surface area contributed by atoms with E-state index in [-0.39, 0.29) is 11.2 Å². The third-order valence-electron chi connectivity index (χ3n) is 4.40. The van der Waals surface area contributed by atoms with E-state index in [2.05, 4.69) is 25.5 Å². The number of aryl methyl sites for hydroxylation is 1. The fraction of sp³-hybridized carbons (Fsp3) is 0.150. The van der Waals surface area contributed by atoms with Crippen LogP contribution in [0.3, 0.4) is 0 Å². The van der Waals surface area contributed by atoms with Gasteiger partial charge in [0.15, 0.2) is 11.2 Å². The molecule has 3 heterocycles. The normalized spacial score (nSPS) is 11.2. The maximum absolute atomic E-state index is 12.5. The monoisotopic (exact) mass is 405 g/mol. The Bertz CT molecular complexity index is 1290. The number of imidazole rings is 1. The Morgan fingerprint density at radius 2 is 2.03 bits per heavy atom. The van der Waals surface area contributed by atoms with Gasteiger partial charge in [0.25, 0.3) is 5.56 Å². The topological polar surface area (TPSA) is 119 Å². The van der Waals surface area contributed by atoms with Crippen LogP contribution in [0.1, 0.15) is 5.56 Å². The first-order valence-corrected chi connectivity index (χ1v) is 9.20. The van der Waals surface area contributed by atoms with Gasteiger partial charge in [-0.2, -0.15) is 10.1 Å². The summed E-state index contributed by atoms with van der Waals surface area (Å²) in [5.74, 6) is 1.03. The van der Waals surface area contributed by atoms with E-state index in [0.717, 1.165) is 5.56 Å². The average molecular weight is 405 g/mol. The highest BCUT2D eigenvalue weighted by Crippen LogP contribution is 2.16. The standard InChI is InChI=1S/C20H19N7O3/c1-26-17-16(18(28)24-20(26)29)27(10-11-30-15-7-3-2-4-8-15)19(23-17)25-22-13-14-6-5-9-21-12-14/h2-9,12-13H,10-11H2,1H3,(H,23,25)(H,24,28,29). The van der Waals surface area contributed by atoms with E-state index < -0.39 is 11.2 Å². The zero-order chi connectivity index (χ0) is 20.9. The van der Waals surface area contributed by atoms with Gasteiger partial charge in [0.1, 0.15) is 12.4 Å². The van der Waals surface area contributed by atoms with Gasteiger partial charge in [0, 0.05) is 25.0 Å². The summed E-state index contributed by atoms with van der Waals surface area (Å²) in [5, 5.41) is 4.18. The zero-order valence-electron chi connectivity index (χ0n) is 16.1. The number of rotatable bonds is 7. The molecule has 0 unspecified atom stereocenters. The maximum Gasteiger partial charge on any atom is 0.329 e. The number of para-hydroxylation sites is 1. The fourth-order valence-electron chi connectivity index (χ4n) is 2.93. The molecule has 0 atom stereocenters. The predicted molar refractivity (Wildman–Crippen MR) is 113 cm³/mol. The van der Waals surface area contributed by atoms with Crippen LogP contribution < -0.4 is 21.4 Å². The lowest BCUT2D eigenvalue weighted by atomic mass is 10.3. The molecule has 30 heavy (non-hydrogen) atoms. The molecule has 152 valence electrons. The van der Waals surface area contributed by atoms with Crippen molar-refractivity contribution < 1.29 is 4.74 Å². The SMILES string of the molecule is Cn1c(=O)[nH]c(=O)c2c1nc(NN=Cc1cccnc1)n2CCOc1ccccc1. The first-order chi connectivity index (χ1) is 14.6. The number of nitrogens with one attached hydrogen (secondary N) is 2. The van der Waals surface area contributed by atoms with Gasteiger partial charge in [-0.05, 0) is 18.2 Å². The third kappa shape index (κ3) is 3.97. The summed E-state index contributed by atoms with van der Waals surface area (Å²) < 4.78 is 8.66. The molecule has 0 aliphatic carbocycles. The van der Waals surface area contributed by atoms with Crippen molar-refractivity contribution in [2.75, 3.05) is 12.0 Å². The average Bonchev–Trinajstić information content (AvgIpc) is 3.13. The molecule has 10 nitrogen and oxygen atoms in total.